The third-order valence-corrected chi connectivity index (χ3v) is 9.31. The molecule has 1 aromatic heterocycles. The fourth-order valence-electron chi connectivity index (χ4n) is 5.67. The monoisotopic (exact) mass is 815 g/mol. The first kappa shape index (κ1) is 46.4. The molecule has 57 heavy (non-hydrogen) atoms. The molecule has 3 aromatic rings. The van der Waals surface area contributed by atoms with Crippen molar-refractivity contribution in [3.63, 3.8) is 0 Å². The zero-order chi connectivity index (χ0) is 41.9. The van der Waals surface area contributed by atoms with Crippen molar-refractivity contribution < 1.29 is 44.7 Å². The molecule has 0 aliphatic rings. The summed E-state index contributed by atoms with van der Waals surface area (Å²) in [4.78, 5) is 45.0. The highest BCUT2D eigenvalue weighted by molar-refractivity contribution is 6.31. The van der Waals surface area contributed by atoms with Crippen LogP contribution < -0.4 is 32.7 Å². The topological polar surface area (TPSA) is 311 Å². The van der Waals surface area contributed by atoms with Gasteiger partial charge in [0.05, 0.1) is 19.8 Å². The number of carbonyl (C=O) groups excluding carboxylic acids is 3. The van der Waals surface area contributed by atoms with E-state index < -0.39 is 48.9 Å². The first-order valence-corrected chi connectivity index (χ1v) is 18.9. The molecule has 0 aliphatic carbocycles. The number of halogens is 1. The number of nitrogens with two attached hydrogens (primary N) is 2. The number of esters is 1. The number of nitrogens with zero attached hydrogens (tertiary/aromatic N) is 2. The highest BCUT2D eigenvalue weighted by Crippen LogP contribution is 2.22. The van der Waals surface area contributed by atoms with E-state index in [9.17, 15) is 34.8 Å². The molecule has 0 aliphatic heterocycles. The van der Waals surface area contributed by atoms with Crippen molar-refractivity contribution in [2.45, 2.75) is 81.8 Å². The van der Waals surface area contributed by atoms with Gasteiger partial charge >= 0.3 is 5.97 Å². The van der Waals surface area contributed by atoms with Crippen LogP contribution in [0.5, 0.6) is 0 Å². The summed E-state index contributed by atoms with van der Waals surface area (Å²) in [7, 11) is 1.25. The number of unbranched alkanes of at least 4 members (excludes halogenated alkanes) is 2. The molecule has 19 heteroatoms. The molecule has 2 aromatic carbocycles. The number of aliphatic hydroxyl groups is 5. The number of guanidine groups is 1. The van der Waals surface area contributed by atoms with Crippen LogP contribution in [0, 0.1) is 5.41 Å². The average Bonchev–Trinajstić information content (AvgIpc) is 3.21. The van der Waals surface area contributed by atoms with E-state index in [1.807, 2.05) is 24.3 Å². The molecule has 1 heterocycles. The molecule has 2 amide bonds. The fourth-order valence-corrected chi connectivity index (χ4v) is 5.80. The molecule has 0 fully saturated rings. The number of nitrogen functional groups attached to an aromatic ring is 2. The number of benzene rings is 2. The van der Waals surface area contributed by atoms with Gasteiger partial charge in [-0.05, 0) is 73.7 Å². The number of ether oxygens (including phenoxy) is 1. The summed E-state index contributed by atoms with van der Waals surface area (Å²) >= 11 is 5.82. The van der Waals surface area contributed by atoms with Crippen molar-refractivity contribution in [2.24, 2.45) is 0 Å². The maximum Gasteiger partial charge on any atom is 0.328 e. The van der Waals surface area contributed by atoms with Crippen LogP contribution in [-0.4, -0.2) is 123 Å². The van der Waals surface area contributed by atoms with Crippen LogP contribution in [0.4, 0.5) is 11.6 Å². The number of hydrogen-bond acceptors (Lipinski definition) is 15. The number of rotatable bonds is 23. The van der Waals surface area contributed by atoms with Crippen LogP contribution in [0.25, 0.3) is 11.1 Å². The Labute approximate surface area is 335 Å². The van der Waals surface area contributed by atoms with Gasteiger partial charge in [-0.15, -0.1) is 0 Å². The average molecular weight is 816 g/mol. The second-order valence-electron chi connectivity index (χ2n) is 13.4. The number of aliphatic hydroxyl groups excluding tert-OH is 5. The predicted octanol–water partition coefficient (Wildman–Crippen LogP) is 0.0247. The summed E-state index contributed by atoms with van der Waals surface area (Å²) in [5, 5.41) is 66.6. The minimum absolute atomic E-state index is 0.0689. The second kappa shape index (κ2) is 24.0. The van der Waals surface area contributed by atoms with Crippen molar-refractivity contribution in [3.8, 4) is 11.1 Å². The smallest absolute Gasteiger partial charge is 0.328 e. The van der Waals surface area contributed by atoms with Crippen molar-refractivity contribution >= 4 is 47.0 Å². The maximum absolute atomic E-state index is 12.7. The zero-order valence-corrected chi connectivity index (χ0v) is 32.5. The van der Waals surface area contributed by atoms with E-state index in [0.717, 1.165) is 41.5 Å². The van der Waals surface area contributed by atoms with Gasteiger partial charge < -0.3 is 57.7 Å². The Balaban J connectivity index is 1.33. The lowest BCUT2D eigenvalue weighted by Gasteiger charge is -2.25. The molecule has 14 N–H and O–H groups in total. The van der Waals surface area contributed by atoms with Gasteiger partial charge in [-0.1, -0.05) is 60.1 Å². The molecule has 5 atom stereocenters. The van der Waals surface area contributed by atoms with Gasteiger partial charge in [-0.3, -0.25) is 20.3 Å². The van der Waals surface area contributed by atoms with E-state index in [1.54, 1.807) is 0 Å². The first-order chi connectivity index (χ1) is 27.2. The Morgan fingerprint density at radius 1 is 0.825 bits per heavy atom. The Bertz CT molecular complexity index is 1750. The molecular weight excluding hydrogens is 762 g/mol. The minimum Gasteiger partial charge on any atom is -0.467 e. The Morgan fingerprint density at radius 3 is 2.04 bits per heavy atom. The van der Waals surface area contributed by atoms with Gasteiger partial charge in [0, 0.05) is 19.5 Å². The van der Waals surface area contributed by atoms with Gasteiger partial charge in [-0.25, -0.2) is 14.8 Å². The fraction of sp³-hybridized carbons (Fsp3) is 0.474. The van der Waals surface area contributed by atoms with E-state index in [1.165, 1.54) is 7.11 Å². The van der Waals surface area contributed by atoms with Crippen LogP contribution in [0.15, 0.2) is 48.5 Å². The lowest BCUT2D eigenvalue weighted by molar-refractivity contribution is -0.145. The van der Waals surface area contributed by atoms with E-state index in [4.69, 9.17) is 38.3 Å². The number of aromatic nitrogens is 2. The van der Waals surface area contributed by atoms with Crippen molar-refractivity contribution in [2.75, 3.05) is 44.8 Å². The Hall–Kier alpha value is -4.95. The molecule has 0 spiro atoms. The first-order valence-electron chi connectivity index (χ1n) is 18.6. The molecule has 0 saturated heterocycles. The highest BCUT2D eigenvalue weighted by Gasteiger charge is 2.29. The highest BCUT2D eigenvalue weighted by atomic mass is 35.5. The summed E-state index contributed by atoms with van der Waals surface area (Å²) in [6.07, 6.45) is -1.75. The number of amides is 2. The van der Waals surface area contributed by atoms with Crippen molar-refractivity contribution in [1.82, 2.24) is 31.2 Å². The standard InChI is InChI=1S/C38H54ClN9O9/c1-57-37(56)26(7-3-4-18-43-20-27(50)31(53)32(54)28(51)21-49)45-29(52)17-12-23-10-15-25(16-11-23)24-13-8-22(9-14-24)6-2-5-19-44-38(42)48-36(55)30-34(40)47-35(41)33(39)46-30/h8-11,13-16,26-28,31-32,43,49-51,53-54H,2-7,12,17-21H2,1H3,(H,45,52)(H4,40,41,47)(H3,42,44,48,55)/t26-,27-,28+,31+,32+/m0/s1. The molecule has 18 nitrogen and oxygen atoms in total. The number of hydrogen-bond donors (Lipinski definition) is 12. The van der Waals surface area contributed by atoms with Gasteiger partial charge in [-0.2, -0.15) is 0 Å². The van der Waals surface area contributed by atoms with Crippen LogP contribution in [-0.2, 0) is 27.2 Å². The van der Waals surface area contributed by atoms with Crippen LogP contribution in [0.1, 0.15) is 60.1 Å². The molecule has 0 unspecified atom stereocenters. The molecule has 0 radical (unpaired) electrons. The SMILES string of the molecule is COC(=O)[C@H](CCCCNC[C@H](O)[C@@H](O)[C@H](O)[C@H](O)CO)NC(=O)CCc1ccc(-c2ccc(CCCCNC(=N)NC(=O)c3nc(Cl)c(N)nc3N)cc2)cc1. The zero-order valence-electron chi connectivity index (χ0n) is 31.8. The van der Waals surface area contributed by atoms with Crippen LogP contribution >= 0.6 is 11.6 Å². The van der Waals surface area contributed by atoms with Crippen molar-refractivity contribution in [3.05, 3.63) is 70.5 Å². The maximum atomic E-state index is 12.7. The number of anilines is 2. The van der Waals surface area contributed by atoms with Crippen molar-refractivity contribution in [1.29, 1.82) is 5.41 Å². The third kappa shape index (κ3) is 15.5. The van der Waals surface area contributed by atoms with Gasteiger partial charge in [0.1, 0.15) is 24.4 Å². The summed E-state index contributed by atoms with van der Waals surface area (Å²) in [6, 6.07) is 15.3. The lowest BCUT2D eigenvalue weighted by atomic mass is 9.99. The van der Waals surface area contributed by atoms with Gasteiger partial charge in [0.2, 0.25) is 5.91 Å². The summed E-state index contributed by atoms with van der Waals surface area (Å²) in [5.74, 6) is -2.05. The normalized spacial score (nSPS) is 13.8. The number of carbonyl (C=O) groups is 3. The molecule has 312 valence electrons. The number of nitrogens with one attached hydrogen (secondary N) is 5. The van der Waals surface area contributed by atoms with Crippen LogP contribution in [0.2, 0.25) is 5.15 Å². The summed E-state index contributed by atoms with van der Waals surface area (Å²) in [6.45, 7) is 0.0583. The van der Waals surface area contributed by atoms with E-state index >= 15 is 0 Å². The van der Waals surface area contributed by atoms with E-state index in [0.29, 0.717) is 38.8 Å². The Kier molecular flexibility index (Phi) is 19.5. The minimum atomic E-state index is -1.70. The van der Waals surface area contributed by atoms with E-state index in [-0.39, 0.29) is 47.3 Å². The number of methoxy groups -OCH3 is 1. The quantitative estimate of drug-likeness (QED) is 0.0260. The molecule has 0 bridgehead atoms. The largest absolute Gasteiger partial charge is 0.467 e. The molecule has 0 saturated carbocycles. The number of aryl methyl sites for hydroxylation is 2. The second-order valence-corrected chi connectivity index (χ2v) is 13.7. The molecular formula is C38H54ClN9O9. The lowest BCUT2D eigenvalue weighted by Crippen LogP contribution is -2.49. The third-order valence-electron chi connectivity index (χ3n) is 9.03. The Morgan fingerprint density at radius 2 is 1.42 bits per heavy atom. The van der Waals surface area contributed by atoms with Gasteiger partial charge in [0.25, 0.3) is 5.91 Å². The van der Waals surface area contributed by atoms with Crippen LogP contribution in [0.3, 0.4) is 0 Å². The summed E-state index contributed by atoms with van der Waals surface area (Å²) in [5.41, 5.74) is 15.2. The van der Waals surface area contributed by atoms with Gasteiger partial charge in [0.15, 0.2) is 28.4 Å². The predicted molar refractivity (Wildman–Crippen MR) is 214 cm³/mol. The summed E-state index contributed by atoms with van der Waals surface area (Å²) < 4.78 is 4.87. The van der Waals surface area contributed by atoms with E-state index in [2.05, 4.69) is 55.5 Å². The molecule has 3 rings (SSSR count).